The van der Waals surface area contributed by atoms with Crippen molar-refractivity contribution < 1.29 is 4.92 Å². The third-order valence-corrected chi connectivity index (χ3v) is 3.00. The number of hydrogen-bond acceptors (Lipinski definition) is 4. The fourth-order valence-corrected chi connectivity index (χ4v) is 1.96. The molecular weight excluding hydrogens is 278 g/mol. The summed E-state index contributed by atoms with van der Waals surface area (Å²) in [6.07, 6.45) is 0. The molecule has 0 radical (unpaired) electrons. The van der Waals surface area contributed by atoms with Crippen molar-refractivity contribution in [1.82, 2.24) is 0 Å². The van der Waals surface area contributed by atoms with E-state index in [2.05, 4.69) is 11.4 Å². The minimum absolute atomic E-state index is 0.0520. The molecule has 2 aromatic carbocycles. The average Bonchev–Trinajstić information content (AvgIpc) is 2.45. The Kier molecular flexibility index (Phi) is 4.18. The van der Waals surface area contributed by atoms with Crippen molar-refractivity contribution in [2.45, 2.75) is 6.54 Å². The van der Waals surface area contributed by atoms with Gasteiger partial charge >= 0.3 is 0 Å². The van der Waals surface area contributed by atoms with Crippen molar-refractivity contribution in [2.24, 2.45) is 0 Å². The maximum absolute atomic E-state index is 10.9. The molecule has 2 rings (SSSR count). The van der Waals surface area contributed by atoms with Crippen LogP contribution in [-0.2, 0) is 6.54 Å². The number of nitro benzene ring substituents is 1. The van der Waals surface area contributed by atoms with Crippen molar-refractivity contribution >= 4 is 23.0 Å². The van der Waals surface area contributed by atoms with Gasteiger partial charge in [0.15, 0.2) is 0 Å². The molecule has 0 atom stereocenters. The summed E-state index contributed by atoms with van der Waals surface area (Å²) in [5.41, 5.74) is 1.58. The number of hydrogen-bond donors (Lipinski definition) is 1. The van der Waals surface area contributed by atoms with Gasteiger partial charge in [-0.15, -0.1) is 0 Å². The van der Waals surface area contributed by atoms with Gasteiger partial charge in [-0.3, -0.25) is 10.1 Å². The van der Waals surface area contributed by atoms with Crippen LogP contribution in [0.4, 0.5) is 11.4 Å². The fourth-order valence-electron chi connectivity index (χ4n) is 1.78. The molecule has 6 heteroatoms. The molecule has 0 spiro atoms. The summed E-state index contributed by atoms with van der Waals surface area (Å²) in [4.78, 5) is 10.5. The normalized spacial score (nSPS) is 9.80. The van der Waals surface area contributed by atoms with Crippen molar-refractivity contribution in [2.75, 3.05) is 5.32 Å². The number of halogens is 1. The van der Waals surface area contributed by atoms with Crippen LogP contribution < -0.4 is 5.32 Å². The Balaban J connectivity index is 2.25. The molecule has 0 heterocycles. The number of anilines is 1. The molecule has 2 aromatic rings. The van der Waals surface area contributed by atoms with E-state index in [4.69, 9.17) is 16.9 Å². The van der Waals surface area contributed by atoms with Gasteiger partial charge in [0, 0.05) is 17.6 Å². The molecule has 1 N–H and O–H groups in total. The van der Waals surface area contributed by atoms with Crippen molar-refractivity contribution in [1.29, 1.82) is 5.26 Å². The van der Waals surface area contributed by atoms with E-state index in [0.29, 0.717) is 22.8 Å². The second-order valence-corrected chi connectivity index (χ2v) is 4.48. The number of benzene rings is 2. The third kappa shape index (κ3) is 3.05. The average molecular weight is 288 g/mol. The topological polar surface area (TPSA) is 79.0 Å². The van der Waals surface area contributed by atoms with Crippen LogP contribution in [0.25, 0.3) is 0 Å². The predicted molar refractivity (Wildman–Crippen MR) is 76.6 cm³/mol. The molecule has 0 bridgehead atoms. The van der Waals surface area contributed by atoms with E-state index in [9.17, 15) is 10.1 Å². The summed E-state index contributed by atoms with van der Waals surface area (Å²) in [5.74, 6) is 0. The van der Waals surface area contributed by atoms with Crippen LogP contribution in [0.2, 0.25) is 5.02 Å². The van der Waals surface area contributed by atoms with Crippen molar-refractivity contribution in [3.63, 3.8) is 0 Å². The van der Waals surface area contributed by atoms with Gasteiger partial charge in [-0.2, -0.15) is 5.26 Å². The summed E-state index contributed by atoms with van der Waals surface area (Å²) in [5, 5.41) is 23.3. The molecular formula is C14H10ClN3O2. The molecule has 0 aromatic heterocycles. The first kappa shape index (κ1) is 13.8. The van der Waals surface area contributed by atoms with Gasteiger partial charge in [0.1, 0.15) is 5.69 Å². The van der Waals surface area contributed by atoms with Crippen LogP contribution in [-0.4, -0.2) is 4.92 Å². The Morgan fingerprint density at radius 2 is 2.05 bits per heavy atom. The second-order valence-electron chi connectivity index (χ2n) is 4.04. The highest BCUT2D eigenvalue weighted by Crippen LogP contribution is 2.28. The predicted octanol–water partition coefficient (Wildman–Crippen LogP) is 3.73. The van der Waals surface area contributed by atoms with E-state index in [1.54, 1.807) is 18.2 Å². The zero-order valence-corrected chi connectivity index (χ0v) is 11.1. The number of nitrogens with zero attached hydrogens (tertiary/aromatic N) is 2. The zero-order valence-electron chi connectivity index (χ0n) is 10.3. The summed E-state index contributed by atoms with van der Waals surface area (Å²) in [7, 11) is 0. The molecule has 0 saturated heterocycles. The standard InChI is InChI=1S/C14H10ClN3O2/c15-12-5-6-14(18(19)20)13(7-12)17-9-11-4-2-1-3-10(11)8-16/h1-7,17H,9H2. The quantitative estimate of drug-likeness (QED) is 0.686. The minimum Gasteiger partial charge on any atom is -0.375 e. The van der Waals surface area contributed by atoms with Crippen LogP contribution in [0.5, 0.6) is 0 Å². The van der Waals surface area contributed by atoms with Crippen LogP contribution >= 0.6 is 11.6 Å². The smallest absolute Gasteiger partial charge is 0.292 e. The third-order valence-electron chi connectivity index (χ3n) is 2.76. The highest BCUT2D eigenvalue weighted by atomic mass is 35.5. The largest absolute Gasteiger partial charge is 0.375 e. The van der Waals surface area contributed by atoms with Gasteiger partial charge in [0.05, 0.1) is 16.6 Å². The molecule has 0 amide bonds. The van der Waals surface area contributed by atoms with Gasteiger partial charge in [0.25, 0.3) is 5.69 Å². The minimum atomic E-state index is -0.477. The molecule has 5 nitrogen and oxygen atoms in total. The lowest BCUT2D eigenvalue weighted by Crippen LogP contribution is -2.04. The van der Waals surface area contributed by atoms with E-state index in [-0.39, 0.29) is 5.69 Å². The maximum atomic E-state index is 10.9. The van der Waals surface area contributed by atoms with E-state index in [1.165, 1.54) is 18.2 Å². The molecule has 20 heavy (non-hydrogen) atoms. The van der Waals surface area contributed by atoms with Gasteiger partial charge in [-0.25, -0.2) is 0 Å². The summed E-state index contributed by atoms with van der Waals surface area (Å²) in [6, 6.07) is 13.5. The summed E-state index contributed by atoms with van der Waals surface area (Å²) >= 11 is 5.85. The lowest BCUT2D eigenvalue weighted by Gasteiger charge is -2.08. The molecule has 0 saturated carbocycles. The first-order valence-corrected chi connectivity index (χ1v) is 6.15. The first-order valence-electron chi connectivity index (χ1n) is 5.77. The second kappa shape index (κ2) is 6.04. The highest BCUT2D eigenvalue weighted by molar-refractivity contribution is 6.31. The molecule has 0 aliphatic heterocycles. The fraction of sp³-hybridized carbons (Fsp3) is 0.0714. The molecule has 0 fully saturated rings. The lowest BCUT2D eigenvalue weighted by molar-refractivity contribution is -0.384. The number of nitriles is 1. The van der Waals surface area contributed by atoms with E-state index in [0.717, 1.165) is 5.56 Å². The Morgan fingerprint density at radius 3 is 2.75 bits per heavy atom. The van der Waals surface area contributed by atoms with Gasteiger partial charge < -0.3 is 5.32 Å². The van der Waals surface area contributed by atoms with Gasteiger partial charge in [-0.05, 0) is 23.8 Å². The molecule has 0 aliphatic rings. The highest BCUT2D eigenvalue weighted by Gasteiger charge is 2.14. The van der Waals surface area contributed by atoms with Gasteiger partial charge in [-0.1, -0.05) is 29.8 Å². The van der Waals surface area contributed by atoms with E-state index < -0.39 is 4.92 Å². The zero-order chi connectivity index (χ0) is 14.5. The van der Waals surface area contributed by atoms with Crippen LogP contribution in [0.1, 0.15) is 11.1 Å². The van der Waals surface area contributed by atoms with Crippen LogP contribution in [0, 0.1) is 21.4 Å². The Morgan fingerprint density at radius 1 is 1.30 bits per heavy atom. The van der Waals surface area contributed by atoms with Crippen molar-refractivity contribution in [3.8, 4) is 6.07 Å². The lowest BCUT2D eigenvalue weighted by atomic mass is 10.1. The number of nitro groups is 1. The maximum Gasteiger partial charge on any atom is 0.292 e. The number of nitrogens with one attached hydrogen (secondary N) is 1. The summed E-state index contributed by atoms with van der Waals surface area (Å²) in [6.45, 7) is 0.310. The van der Waals surface area contributed by atoms with E-state index >= 15 is 0 Å². The Labute approximate surface area is 120 Å². The molecule has 0 unspecified atom stereocenters. The number of rotatable bonds is 4. The Hall–Kier alpha value is -2.58. The SMILES string of the molecule is N#Cc1ccccc1CNc1cc(Cl)ccc1[N+](=O)[O-]. The van der Waals surface area contributed by atoms with Gasteiger partial charge in [0.2, 0.25) is 0 Å². The van der Waals surface area contributed by atoms with Crippen LogP contribution in [0.15, 0.2) is 42.5 Å². The molecule has 100 valence electrons. The monoisotopic (exact) mass is 287 g/mol. The molecule has 0 aliphatic carbocycles. The van der Waals surface area contributed by atoms with Crippen molar-refractivity contribution in [3.05, 3.63) is 68.7 Å². The summed E-state index contributed by atoms with van der Waals surface area (Å²) < 4.78 is 0. The van der Waals surface area contributed by atoms with Crippen LogP contribution in [0.3, 0.4) is 0 Å². The first-order chi connectivity index (χ1) is 9.61. The Bertz CT molecular complexity index is 695. The van der Waals surface area contributed by atoms with E-state index in [1.807, 2.05) is 6.07 Å².